The zero-order valence-corrected chi connectivity index (χ0v) is 13.3. The summed E-state index contributed by atoms with van der Waals surface area (Å²) in [6, 6.07) is 7.77. The average Bonchev–Trinajstić information content (AvgIpc) is 2.96. The van der Waals surface area contributed by atoms with E-state index in [1.807, 2.05) is 0 Å². The van der Waals surface area contributed by atoms with Gasteiger partial charge in [0.15, 0.2) is 0 Å². The molecule has 8 heteroatoms. The van der Waals surface area contributed by atoms with Crippen LogP contribution in [0.1, 0.15) is 17.4 Å². The molecule has 0 bridgehead atoms. The Kier molecular flexibility index (Phi) is 4.93. The van der Waals surface area contributed by atoms with E-state index in [1.54, 1.807) is 24.4 Å². The van der Waals surface area contributed by atoms with Crippen molar-refractivity contribution in [3.05, 3.63) is 52.2 Å². The first-order valence-electron chi connectivity index (χ1n) is 6.45. The van der Waals surface area contributed by atoms with Crippen LogP contribution in [0.5, 0.6) is 0 Å². The van der Waals surface area contributed by atoms with Crippen molar-refractivity contribution in [1.29, 1.82) is 0 Å². The van der Waals surface area contributed by atoms with Gasteiger partial charge in [0.2, 0.25) is 10.0 Å². The van der Waals surface area contributed by atoms with Gasteiger partial charge in [-0.2, -0.15) is 17.5 Å². The summed E-state index contributed by atoms with van der Waals surface area (Å²) in [5.41, 5.74) is -1.14. The van der Waals surface area contributed by atoms with Crippen LogP contribution < -0.4 is 0 Å². The number of hydrogen-bond acceptors (Lipinski definition) is 3. The minimum Gasteiger partial charge on any atom is -0.207 e. The maximum absolute atomic E-state index is 13.0. The molecular formula is C14H14F3NO2S2. The molecule has 0 aliphatic carbocycles. The van der Waals surface area contributed by atoms with Crippen molar-refractivity contribution in [2.45, 2.75) is 24.5 Å². The van der Waals surface area contributed by atoms with Gasteiger partial charge in [-0.3, -0.25) is 0 Å². The Morgan fingerprint density at radius 2 is 1.82 bits per heavy atom. The summed E-state index contributed by atoms with van der Waals surface area (Å²) >= 11 is 1.36. The molecule has 120 valence electrons. The molecule has 0 radical (unpaired) electrons. The smallest absolute Gasteiger partial charge is 0.207 e. The lowest BCUT2D eigenvalue weighted by atomic mass is 10.2. The van der Waals surface area contributed by atoms with Gasteiger partial charge < -0.3 is 0 Å². The van der Waals surface area contributed by atoms with Gasteiger partial charge in [-0.15, -0.1) is 11.3 Å². The lowest BCUT2D eigenvalue weighted by molar-refractivity contribution is -0.139. The van der Waals surface area contributed by atoms with Crippen LogP contribution in [0, 0.1) is 0 Å². The Morgan fingerprint density at radius 3 is 2.36 bits per heavy atom. The summed E-state index contributed by atoms with van der Waals surface area (Å²) in [5, 5.41) is 1.79. The molecule has 22 heavy (non-hydrogen) atoms. The standard InChI is InChI=1S/C14H14F3NO2S2/c1-2-18(10-11-6-5-9-21-11)22(19,20)13-8-4-3-7-12(13)14(15,16)17/h3-9H,2,10H2,1H3. The molecule has 0 N–H and O–H groups in total. The summed E-state index contributed by atoms with van der Waals surface area (Å²) in [6.45, 7) is 1.75. The van der Waals surface area contributed by atoms with Crippen LogP contribution in [0.2, 0.25) is 0 Å². The Bertz CT molecular complexity index is 725. The fourth-order valence-electron chi connectivity index (χ4n) is 2.01. The number of alkyl halides is 3. The van der Waals surface area contributed by atoms with Gasteiger partial charge in [0, 0.05) is 18.0 Å². The molecule has 1 aromatic heterocycles. The van der Waals surface area contributed by atoms with E-state index in [2.05, 4.69) is 0 Å². The second-order valence-electron chi connectivity index (χ2n) is 4.50. The summed E-state index contributed by atoms with van der Waals surface area (Å²) in [4.78, 5) is 0.0656. The first-order valence-corrected chi connectivity index (χ1v) is 8.77. The summed E-state index contributed by atoms with van der Waals surface area (Å²) < 4.78 is 65.3. The van der Waals surface area contributed by atoms with Gasteiger partial charge in [-0.25, -0.2) is 8.42 Å². The Hall–Kier alpha value is -1.38. The molecule has 0 fully saturated rings. The van der Waals surface area contributed by atoms with E-state index >= 15 is 0 Å². The van der Waals surface area contributed by atoms with E-state index in [0.29, 0.717) is 0 Å². The highest BCUT2D eigenvalue weighted by atomic mass is 32.2. The van der Waals surface area contributed by atoms with E-state index in [-0.39, 0.29) is 13.1 Å². The Balaban J connectivity index is 2.45. The molecule has 0 saturated heterocycles. The monoisotopic (exact) mass is 349 g/mol. The third-order valence-electron chi connectivity index (χ3n) is 3.08. The van der Waals surface area contributed by atoms with Gasteiger partial charge in [-0.05, 0) is 23.6 Å². The zero-order chi connectivity index (χ0) is 16.4. The Labute approximate surface area is 131 Å². The zero-order valence-electron chi connectivity index (χ0n) is 11.7. The van der Waals surface area contributed by atoms with Crippen LogP contribution in [-0.2, 0) is 22.7 Å². The number of halogens is 3. The van der Waals surface area contributed by atoms with Crippen molar-refractivity contribution in [1.82, 2.24) is 4.31 Å². The number of hydrogen-bond donors (Lipinski definition) is 0. The third kappa shape index (κ3) is 3.50. The highest BCUT2D eigenvalue weighted by molar-refractivity contribution is 7.89. The first kappa shape index (κ1) is 17.0. The summed E-state index contributed by atoms with van der Waals surface area (Å²) in [5.74, 6) is 0. The van der Waals surface area contributed by atoms with E-state index in [0.717, 1.165) is 21.3 Å². The maximum Gasteiger partial charge on any atom is 0.417 e. The predicted molar refractivity (Wildman–Crippen MR) is 79.0 cm³/mol. The van der Waals surface area contributed by atoms with E-state index in [1.165, 1.54) is 23.5 Å². The van der Waals surface area contributed by atoms with Crippen LogP contribution >= 0.6 is 11.3 Å². The minimum atomic E-state index is -4.72. The molecule has 2 rings (SSSR count). The number of thiophene rings is 1. The molecule has 1 heterocycles. The quantitative estimate of drug-likeness (QED) is 0.819. The largest absolute Gasteiger partial charge is 0.417 e. The van der Waals surface area contributed by atoms with Crippen molar-refractivity contribution in [2.24, 2.45) is 0 Å². The maximum atomic E-state index is 13.0. The van der Waals surface area contributed by atoms with Gasteiger partial charge in [0.05, 0.1) is 10.5 Å². The normalized spacial score (nSPS) is 12.8. The van der Waals surface area contributed by atoms with E-state index < -0.39 is 26.7 Å². The molecular weight excluding hydrogens is 335 g/mol. The van der Waals surface area contributed by atoms with Gasteiger partial charge in [0.1, 0.15) is 0 Å². The van der Waals surface area contributed by atoms with Crippen LogP contribution in [0.15, 0.2) is 46.7 Å². The van der Waals surface area contributed by atoms with Crippen LogP contribution in [0.4, 0.5) is 13.2 Å². The third-order valence-corrected chi connectivity index (χ3v) is 5.92. The van der Waals surface area contributed by atoms with Crippen molar-refractivity contribution in [3.63, 3.8) is 0 Å². The second-order valence-corrected chi connectivity index (χ2v) is 7.44. The molecule has 0 atom stereocenters. The fourth-order valence-corrected chi connectivity index (χ4v) is 4.45. The number of rotatable bonds is 5. The summed E-state index contributed by atoms with van der Waals surface area (Å²) in [6.07, 6.45) is -4.72. The van der Waals surface area contributed by atoms with Crippen molar-refractivity contribution in [3.8, 4) is 0 Å². The average molecular weight is 349 g/mol. The molecule has 3 nitrogen and oxygen atoms in total. The molecule has 2 aromatic rings. The lowest BCUT2D eigenvalue weighted by Crippen LogP contribution is -2.31. The van der Waals surface area contributed by atoms with Crippen molar-refractivity contribution < 1.29 is 21.6 Å². The highest BCUT2D eigenvalue weighted by Crippen LogP contribution is 2.35. The highest BCUT2D eigenvalue weighted by Gasteiger charge is 2.38. The van der Waals surface area contributed by atoms with Crippen LogP contribution in [-0.4, -0.2) is 19.3 Å². The van der Waals surface area contributed by atoms with Crippen LogP contribution in [0.25, 0.3) is 0 Å². The number of sulfonamides is 1. The second kappa shape index (κ2) is 6.39. The molecule has 0 aliphatic heterocycles. The first-order chi connectivity index (χ1) is 10.3. The molecule has 0 spiro atoms. The molecule has 1 aromatic carbocycles. The minimum absolute atomic E-state index is 0.0582. The van der Waals surface area contributed by atoms with Gasteiger partial charge in [0.25, 0.3) is 0 Å². The number of nitrogens with zero attached hydrogens (tertiary/aromatic N) is 1. The van der Waals surface area contributed by atoms with Crippen molar-refractivity contribution in [2.75, 3.05) is 6.54 Å². The molecule has 0 saturated carbocycles. The van der Waals surface area contributed by atoms with Crippen molar-refractivity contribution >= 4 is 21.4 Å². The fraction of sp³-hybridized carbons (Fsp3) is 0.286. The Morgan fingerprint density at radius 1 is 1.14 bits per heavy atom. The lowest BCUT2D eigenvalue weighted by Gasteiger charge is -2.22. The molecule has 0 amide bonds. The SMILES string of the molecule is CCN(Cc1cccs1)S(=O)(=O)c1ccccc1C(F)(F)F. The van der Waals surface area contributed by atoms with Gasteiger partial charge in [-0.1, -0.05) is 25.1 Å². The molecule has 0 unspecified atom stereocenters. The van der Waals surface area contributed by atoms with E-state index in [9.17, 15) is 21.6 Å². The van der Waals surface area contributed by atoms with Gasteiger partial charge >= 0.3 is 6.18 Å². The molecule has 0 aliphatic rings. The topological polar surface area (TPSA) is 37.4 Å². The number of benzene rings is 1. The van der Waals surface area contributed by atoms with E-state index in [4.69, 9.17) is 0 Å². The summed E-state index contributed by atoms with van der Waals surface area (Å²) in [7, 11) is -4.22. The van der Waals surface area contributed by atoms with Crippen LogP contribution in [0.3, 0.4) is 0 Å². The predicted octanol–water partition coefficient (Wildman–Crippen LogP) is 3.98.